The highest BCUT2D eigenvalue weighted by Gasteiger charge is 2.33. The Kier molecular flexibility index (Phi) is 4.32. The molecule has 121 valence electrons. The van der Waals surface area contributed by atoms with Crippen LogP contribution in [0.4, 0.5) is 13.2 Å². The quantitative estimate of drug-likeness (QED) is 0.923. The number of aryl methyl sites for hydroxylation is 1. The van der Waals surface area contributed by atoms with E-state index < -0.39 is 11.9 Å². The minimum Gasteiger partial charge on any atom is -0.371 e. The van der Waals surface area contributed by atoms with Crippen LogP contribution in [-0.4, -0.2) is 29.7 Å². The zero-order valence-electron chi connectivity index (χ0n) is 12.4. The second-order valence-electron chi connectivity index (χ2n) is 5.32. The van der Waals surface area contributed by atoms with Gasteiger partial charge in [-0.1, -0.05) is 12.1 Å². The van der Waals surface area contributed by atoms with Crippen LogP contribution in [0.25, 0.3) is 11.4 Å². The van der Waals surface area contributed by atoms with Crippen molar-refractivity contribution >= 4 is 0 Å². The molecule has 1 radical (unpaired) electrons. The Morgan fingerprint density at radius 1 is 1.30 bits per heavy atom. The molecule has 0 saturated carbocycles. The number of ether oxygens (including phenoxy) is 1. The molecule has 1 aliphatic rings. The van der Waals surface area contributed by atoms with Gasteiger partial charge in [-0.3, -0.25) is 0 Å². The molecule has 0 unspecified atom stereocenters. The number of alkyl halides is 3. The van der Waals surface area contributed by atoms with E-state index in [1.807, 2.05) is 6.07 Å². The van der Waals surface area contributed by atoms with Gasteiger partial charge in [0, 0.05) is 24.3 Å². The number of nitrogens with zero attached hydrogens (tertiary/aromatic N) is 2. The van der Waals surface area contributed by atoms with Gasteiger partial charge >= 0.3 is 6.18 Å². The van der Waals surface area contributed by atoms with Gasteiger partial charge in [0.05, 0.1) is 12.7 Å². The van der Waals surface area contributed by atoms with E-state index in [-0.39, 0.29) is 17.6 Å². The minimum absolute atomic E-state index is 0.0166. The summed E-state index contributed by atoms with van der Waals surface area (Å²) in [5.74, 6) is 0.0166. The van der Waals surface area contributed by atoms with Gasteiger partial charge in [0.15, 0.2) is 5.82 Å². The molecule has 0 aliphatic carbocycles. The van der Waals surface area contributed by atoms with Crippen molar-refractivity contribution in [1.29, 1.82) is 0 Å². The normalized spacial score (nSPS) is 18.9. The molecular formula is C16H15F3N3O. The van der Waals surface area contributed by atoms with Crippen molar-refractivity contribution in [3.8, 4) is 11.4 Å². The van der Waals surface area contributed by atoms with Gasteiger partial charge in [-0.15, -0.1) is 0 Å². The van der Waals surface area contributed by atoms with Crippen LogP contribution in [0.5, 0.6) is 0 Å². The molecule has 1 atom stereocenters. The zero-order valence-corrected chi connectivity index (χ0v) is 12.4. The van der Waals surface area contributed by atoms with Gasteiger partial charge in [0.2, 0.25) is 0 Å². The Morgan fingerprint density at radius 3 is 2.83 bits per heavy atom. The summed E-state index contributed by atoms with van der Waals surface area (Å²) < 4.78 is 44.4. The van der Waals surface area contributed by atoms with E-state index in [2.05, 4.69) is 21.4 Å². The fraction of sp³-hybridized carbons (Fsp3) is 0.375. The maximum atomic E-state index is 12.9. The summed E-state index contributed by atoms with van der Waals surface area (Å²) in [6.45, 7) is 3.56. The molecule has 1 aromatic heterocycles. The molecule has 2 aromatic rings. The number of nitrogens with one attached hydrogen (secondary N) is 1. The molecule has 1 N–H and O–H groups in total. The summed E-state index contributed by atoms with van der Waals surface area (Å²) in [6, 6.07) is 9.05. The fourth-order valence-corrected chi connectivity index (χ4v) is 2.43. The average Bonchev–Trinajstić information content (AvgIpc) is 2.54. The predicted octanol–water partition coefficient (Wildman–Crippen LogP) is 2.93. The van der Waals surface area contributed by atoms with Crippen LogP contribution in [0.2, 0.25) is 0 Å². The van der Waals surface area contributed by atoms with Crippen molar-refractivity contribution in [2.75, 3.05) is 19.7 Å². The van der Waals surface area contributed by atoms with Crippen LogP contribution in [0.15, 0.2) is 24.3 Å². The van der Waals surface area contributed by atoms with Crippen LogP contribution < -0.4 is 5.32 Å². The van der Waals surface area contributed by atoms with E-state index in [9.17, 15) is 13.2 Å². The highest BCUT2D eigenvalue weighted by atomic mass is 19.4. The van der Waals surface area contributed by atoms with E-state index in [4.69, 9.17) is 4.74 Å². The maximum absolute atomic E-state index is 12.9. The summed E-state index contributed by atoms with van der Waals surface area (Å²) in [5, 5.41) is 3.22. The molecule has 1 aliphatic heterocycles. The van der Waals surface area contributed by atoms with Gasteiger partial charge in [0.25, 0.3) is 0 Å². The van der Waals surface area contributed by atoms with E-state index in [0.29, 0.717) is 18.7 Å². The number of halogens is 3. The van der Waals surface area contributed by atoms with E-state index in [1.165, 1.54) is 6.92 Å². The van der Waals surface area contributed by atoms with E-state index in [1.54, 1.807) is 12.1 Å². The zero-order chi connectivity index (χ0) is 16.4. The van der Waals surface area contributed by atoms with Gasteiger partial charge in [-0.25, -0.2) is 9.97 Å². The Balaban J connectivity index is 1.97. The number of aromatic nitrogens is 2. The number of rotatable bonds is 2. The van der Waals surface area contributed by atoms with Crippen LogP contribution in [0.3, 0.4) is 0 Å². The lowest BCUT2D eigenvalue weighted by Gasteiger charge is -2.24. The molecule has 1 saturated heterocycles. The second-order valence-corrected chi connectivity index (χ2v) is 5.32. The number of hydrogen-bond donors (Lipinski definition) is 1. The number of hydrogen-bond acceptors (Lipinski definition) is 4. The Bertz CT molecular complexity index is 697. The minimum atomic E-state index is -4.50. The number of benzene rings is 1. The molecule has 4 nitrogen and oxygen atoms in total. The molecule has 1 aromatic carbocycles. The highest BCUT2D eigenvalue weighted by Crippen LogP contribution is 2.30. The third-order valence-corrected chi connectivity index (χ3v) is 3.51. The lowest BCUT2D eigenvalue weighted by molar-refractivity contribution is -0.141. The lowest BCUT2D eigenvalue weighted by atomic mass is 10.0. The van der Waals surface area contributed by atoms with Gasteiger partial charge in [-0.2, -0.15) is 13.2 Å². The molecule has 2 heterocycles. The summed E-state index contributed by atoms with van der Waals surface area (Å²) >= 11 is 0. The predicted molar refractivity (Wildman–Crippen MR) is 77.6 cm³/mol. The molecule has 1 fully saturated rings. The molecule has 0 spiro atoms. The molecule has 23 heavy (non-hydrogen) atoms. The van der Waals surface area contributed by atoms with Crippen LogP contribution >= 0.6 is 0 Å². The monoisotopic (exact) mass is 322 g/mol. The topological polar surface area (TPSA) is 47.0 Å². The Labute approximate surface area is 131 Å². The lowest BCUT2D eigenvalue weighted by Crippen LogP contribution is -2.33. The van der Waals surface area contributed by atoms with Crippen molar-refractivity contribution in [1.82, 2.24) is 15.3 Å². The molecule has 0 amide bonds. The van der Waals surface area contributed by atoms with Crippen molar-refractivity contribution < 1.29 is 17.9 Å². The third kappa shape index (κ3) is 3.68. The van der Waals surface area contributed by atoms with Gasteiger partial charge in [0.1, 0.15) is 5.69 Å². The third-order valence-electron chi connectivity index (χ3n) is 3.51. The van der Waals surface area contributed by atoms with Crippen LogP contribution in [0, 0.1) is 13.0 Å². The highest BCUT2D eigenvalue weighted by molar-refractivity contribution is 5.56. The first kappa shape index (κ1) is 15.9. The van der Waals surface area contributed by atoms with Crippen LogP contribution in [0.1, 0.15) is 23.1 Å². The van der Waals surface area contributed by atoms with E-state index >= 15 is 0 Å². The van der Waals surface area contributed by atoms with Crippen LogP contribution in [-0.2, 0) is 10.9 Å². The maximum Gasteiger partial charge on any atom is 0.433 e. The Morgan fingerprint density at radius 2 is 2.13 bits per heavy atom. The summed E-state index contributed by atoms with van der Waals surface area (Å²) in [4.78, 5) is 7.74. The van der Waals surface area contributed by atoms with Crippen molar-refractivity contribution in [2.45, 2.75) is 19.2 Å². The molecule has 3 rings (SSSR count). The largest absolute Gasteiger partial charge is 0.433 e. The summed E-state index contributed by atoms with van der Waals surface area (Å²) in [6.07, 6.45) is -4.64. The summed E-state index contributed by atoms with van der Waals surface area (Å²) in [7, 11) is 0. The standard InChI is InChI=1S/C16H15F3N3O/c1-10-7-14(16(17,18)19)22-15(21-10)12-4-2-3-11(8-12)13-9-20-5-6-23-13/h2-3,7-8,13,20H,5-6,9H2,1H3/t13-/m0/s1. The first-order valence-electron chi connectivity index (χ1n) is 7.21. The van der Waals surface area contributed by atoms with Crippen molar-refractivity contribution in [2.24, 2.45) is 0 Å². The average molecular weight is 322 g/mol. The first-order chi connectivity index (χ1) is 10.9. The van der Waals surface area contributed by atoms with Crippen molar-refractivity contribution in [3.05, 3.63) is 47.3 Å². The van der Waals surface area contributed by atoms with Gasteiger partial charge in [-0.05, 0) is 30.7 Å². The second kappa shape index (κ2) is 6.25. The number of morpholine rings is 1. The Hall–Kier alpha value is -1.99. The van der Waals surface area contributed by atoms with Gasteiger partial charge < -0.3 is 10.1 Å². The summed E-state index contributed by atoms with van der Waals surface area (Å²) in [5.41, 5.74) is 0.599. The SMILES string of the molecule is Cc1cc(C(F)(F)F)nc(-c2[c]ccc([C@@H]3CNCCO3)c2)n1. The van der Waals surface area contributed by atoms with Crippen molar-refractivity contribution in [3.63, 3.8) is 0 Å². The fourth-order valence-electron chi connectivity index (χ4n) is 2.43. The molecule has 7 heteroatoms. The molecule has 0 bridgehead atoms. The van der Waals surface area contributed by atoms with E-state index in [0.717, 1.165) is 18.2 Å². The molecular weight excluding hydrogens is 307 g/mol. The smallest absolute Gasteiger partial charge is 0.371 e. The first-order valence-corrected chi connectivity index (χ1v) is 7.21.